The standard InChI is InChI=1S/C16H24O3/c1-5-19-15(17)16(12-18-4,11-13(2)3)14-9-7-6-8-10-14/h6-10,13H,5,11-12H2,1-4H3. The minimum absolute atomic E-state index is 0.197. The third-order valence-electron chi connectivity index (χ3n) is 3.14. The Kier molecular flexibility index (Phi) is 6.03. The predicted molar refractivity (Wildman–Crippen MR) is 76.1 cm³/mol. The van der Waals surface area contributed by atoms with Crippen LogP contribution in [0.1, 0.15) is 32.8 Å². The Balaban J connectivity index is 3.22. The minimum atomic E-state index is -0.708. The highest BCUT2D eigenvalue weighted by Gasteiger charge is 2.42. The van der Waals surface area contributed by atoms with Crippen LogP contribution >= 0.6 is 0 Å². The maximum absolute atomic E-state index is 12.5. The minimum Gasteiger partial charge on any atom is -0.465 e. The van der Waals surface area contributed by atoms with E-state index in [-0.39, 0.29) is 5.97 Å². The molecule has 3 nitrogen and oxygen atoms in total. The van der Waals surface area contributed by atoms with Crippen molar-refractivity contribution in [3.8, 4) is 0 Å². The van der Waals surface area contributed by atoms with E-state index in [2.05, 4.69) is 13.8 Å². The normalized spacial score (nSPS) is 14.2. The quantitative estimate of drug-likeness (QED) is 0.710. The Morgan fingerprint density at radius 1 is 1.26 bits per heavy atom. The van der Waals surface area contributed by atoms with Crippen LogP contribution in [0.15, 0.2) is 30.3 Å². The second-order valence-electron chi connectivity index (χ2n) is 5.20. The molecule has 0 heterocycles. The molecule has 1 atom stereocenters. The molecule has 0 aliphatic carbocycles. The van der Waals surface area contributed by atoms with Crippen molar-refractivity contribution in [1.29, 1.82) is 0 Å². The molecule has 0 saturated carbocycles. The lowest BCUT2D eigenvalue weighted by molar-refractivity contribution is -0.153. The Bertz CT molecular complexity index is 386. The van der Waals surface area contributed by atoms with E-state index in [9.17, 15) is 4.79 Å². The zero-order valence-corrected chi connectivity index (χ0v) is 12.3. The molecule has 1 aromatic carbocycles. The van der Waals surface area contributed by atoms with Gasteiger partial charge in [0, 0.05) is 7.11 Å². The van der Waals surface area contributed by atoms with Crippen LogP contribution in [0.2, 0.25) is 0 Å². The first kappa shape index (κ1) is 15.7. The molecular weight excluding hydrogens is 240 g/mol. The van der Waals surface area contributed by atoms with Gasteiger partial charge in [0.25, 0.3) is 0 Å². The Hall–Kier alpha value is -1.35. The molecule has 0 fully saturated rings. The van der Waals surface area contributed by atoms with Crippen LogP contribution in [0, 0.1) is 5.92 Å². The van der Waals surface area contributed by atoms with E-state index >= 15 is 0 Å². The lowest BCUT2D eigenvalue weighted by Gasteiger charge is -2.32. The van der Waals surface area contributed by atoms with Gasteiger partial charge in [0.2, 0.25) is 0 Å². The molecule has 0 radical (unpaired) electrons. The van der Waals surface area contributed by atoms with Crippen LogP contribution in [-0.4, -0.2) is 26.3 Å². The third-order valence-corrected chi connectivity index (χ3v) is 3.14. The van der Waals surface area contributed by atoms with E-state index < -0.39 is 5.41 Å². The molecule has 106 valence electrons. The summed E-state index contributed by atoms with van der Waals surface area (Å²) in [5.41, 5.74) is 0.254. The average Bonchev–Trinajstić information content (AvgIpc) is 2.39. The summed E-state index contributed by atoms with van der Waals surface area (Å²) < 4.78 is 10.6. The fourth-order valence-corrected chi connectivity index (χ4v) is 2.49. The molecule has 0 aromatic heterocycles. The molecule has 19 heavy (non-hydrogen) atoms. The lowest BCUT2D eigenvalue weighted by atomic mass is 9.75. The molecule has 0 amide bonds. The topological polar surface area (TPSA) is 35.5 Å². The van der Waals surface area contributed by atoms with Crippen LogP contribution in [0.25, 0.3) is 0 Å². The average molecular weight is 264 g/mol. The highest BCUT2D eigenvalue weighted by molar-refractivity contribution is 5.83. The van der Waals surface area contributed by atoms with Gasteiger partial charge in [-0.2, -0.15) is 0 Å². The molecular formula is C16H24O3. The van der Waals surface area contributed by atoms with Gasteiger partial charge in [-0.3, -0.25) is 4.79 Å². The van der Waals surface area contributed by atoms with Crippen molar-refractivity contribution in [3.63, 3.8) is 0 Å². The maximum Gasteiger partial charge on any atom is 0.318 e. The first-order valence-electron chi connectivity index (χ1n) is 6.78. The van der Waals surface area contributed by atoms with E-state index in [4.69, 9.17) is 9.47 Å². The molecule has 0 saturated heterocycles. The summed E-state index contributed by atoms with van der Waals surface area (Å²) in [7, 11) is 1.62. The highest BCUT2D eigenvalue weighted by Crippen LogP contribution is 2.33. The van der Waals surface area contributed by atoms with Crippen molar-refractivity contribution >= 4 is 5.97 Å². The zero-order valence-electron chi connectivity index (χ0n) is 12.3. The van der Waals surface area contributed by atoms with E-state index in [1.54, 1.807) is 7.11 Å². The first-order chi connectivity index (χ1) is 9.06. The van der Waals surface area contributed by atoms with Crippen LogP contribution < -0.4 is 0 Å². The predicted octanol–water partition coefficient (Wildman–Crippen LogP) is 3.18. The van der Waals surface area contributed by atoms with Gasteiger partial charge in [0.15, 0.2) is 0 Å². The number of hydrogen-bond donors (Lipinski definition) is 0. The number of esters is 1. The summed E-state index contributed by atoms with van der Waals surface area (Å²) in [6, 6.07) is 9.77. The van der Waals surface area contributed by atoms with Gasteiger partial charge < -0.3 is 9.47 Å². The molecule has 0 aliphatic heterocycles. The number of rotatable bonds is 7. The van der Waals surface area contributed by atoms with Crippen molar-refractivity contribution in [1.82, 2.24) is 0 Å². The van der Waals surface area contributed by atoms with Crippen LogP contribution in [0.4, 0.5) is 0 Å². The first-order valence-corrected chi connectivity index (χ1v) is 6.78. The van der Waals surface area contributed by atoms with Crippen molar-refractivity contribution in [3.05, 3.63) is 35.9 Å². The summed E-state index contributed by atoms with van der Waals surface area (Å²) in [6.07, 6.45) is 0.712. The zero-order chi connectivity index (χ0) is 14.3. The summed E-state index contributed by atoms with van der Waals surface area (Å²) in [5.74, 6) is 0.177. The molecule has 1 unspecified atom stereocenters. The molecule has 1 rings (SSSR count). The molecule has 0 N–H and O–H groups in total. The second-order valence-corrected chi connectivity index (χ2v) is 5.20. The third kappa shape index (κ3) is 3.80. The van der Waals surface area contributed by atoms with Gasteiger partial charge >= 0.3 is 5.97 Å². The molecule has 1 aromatic rings. The second kappa shape index (κ2) is 7.29. The lowest BCUT2D eigenvalue weighted by Crippen LogP contribution is -2.43. The number of ether oxygens (including phenoxy) is 2. The molecule has 0 aliphatic rings. The SMILES string of the molecule is CCOC(=O)C(COC)(CC(C)C)c1ccccc1. The summed E-state index contributed by atoms with van der Waals surface area (Å²) >= 11 is 0. The van der Waals surface area contributed by atoms with Crippen LogP contribution in [0.3, 0.4) is 0 Å². The number of hydrogen-bond acceptors (Lipinski definition) is 3. The fraction of sp³-hybridized carbons (Fsp3) is 0.562. The smallest absolute Gasteiger partial charge is 0.318 e. The van der Waals surface area contributed by atoms with E-state index in [0.29, 0.717) is 25.6 Å². The molecule has 0 spiro atoms. The van der Waals surface area contributed by atoms with Gasteiger partial charge in [-0.05, 0) is 24.8 Å². The maximum atomic E-state index is 12.5. The monoisotopic (exact) mass is 264 g/mol. The Morgan fingerprint density at radius 3 is 2.37 bits per heavy atom. The number of carbonyl (C=O) groups is 1. The van der Waals surface area contributed by atoms with Crippen molar-refractivity contribution in [2.24, 2.45) is 5.92 Å². The van der Waals surface area contributed by atoms with Gasteiger partial charge in [-0.25, -0.2) is 0 Å². The van der Waals surface area contributed by atoms with Crippen molar-refractivity contribution in [2.75, 3.05) is 20.3 Å². The largest absolute Gasteiger partial charge is 0.465 e. The van der Waals surface area contributed by atoms with Crippen molar-refractivity contribution < 1.29 is 14.3 Å². The van der Waals surface area contributed by atoms with Gasteiger partial charge in [0.05, 0.1) is 13.2 Å². The summed E-state index contributed by atoms with van der Waals surface area (Å²) in [6.45, 7) is 6.76. The summed E-state index contributed by atoms with van der Waals surface area (Å²) in [4.78, 5) is 12.5. The Labute approximate surface area is 115 Å². The Morgan fingerprint density at radius 2 is 1.89 bits per heavy atom. The molecule has 0 bridgehead atoms. The van der Waals surface area contributed by atoms with Crippen molar-refractivity contribution in [2.45, 2.75) is 32.6 Å². The van der Waals surface area contributed by atoms with Crippen LogP contribution in [0.5, 0.6) is 0 Å². The van der Waals surface area contributed by atoms with E-state index in [1.807, 2.05) is 37.3 Å². The van der Waals surface area contributed by atoms with Gasteiger partial charge in [0.1, 0.15) is 5.41 Å². The summed E-state index contributed by atoms with van der Waals surface area (Å²) in [5, 5.41) is 0. The highest BCUT2D eigenvalue weighted by atomic mass is 16.5. The van der Waals surface area contributed by atoms with Gasteiger partial charge in [-0.1, -0.05) is 44.2 Å². The number of benzene rings is 1. The van der Waals surface area contributed by atoms with Gasteiger partial charge in [-0.15, -0.1) is 0 Å². The molecule has 3 heteroatoms. The van der Waals surface area contributed by atoms with E-state index in [1.165, 1.54) is 0 Å². The fourth-order valence-electron chi connectivity index (χ4n) is 2.49. The number of methoxy groups -OCH3 is 1. The van der Waals surface area contributed by atoms with Crippen LogP contribution in [-0.2, 0) is 19.7 Å². The van der Waals surface area contributed by atoms with E-state index in [0.717, 1.165) is 5.56 Å². The number of carbonyl (C=O) groups excluding carboxylic acids is 1.